The molecule has 1 aromatic heterocycles. The third kappa shape index (κ3) is 4.34. The molecule has 0 radical (unpaired) electrons. The van der Waals surface area contributed by atoms with Gasteiger partial charge in [0, 0.05) is 12.1 Å². The number of rotatable bonds is 8. The van der Waals surface area contributed by atoms with Crippen molar-refractivity contribution in [2.24, 2.45) is 0 Å². The first-order chi connectivity index (χ1) is 8.28. The molecule has 2 rings (SSSR count). The van der Waals surface area contributed by atoms with Crippen molar-refractivity contribution >= 4 is 6.01 Å². The molecular formula is C12H22N4O. The van der Waals surface area contributed by atoms with Crippen molar-refractivity contribution in [3.63, 3.8) is 0 Å². The maximum Gasteiger partial charge on any atom is 0.315 e. The first kappa shape index (κ1) is 12.4. The zero-order chi connectivity index (χ0) is 12.1. The third-order valence-corrected chi connectivity index (χ3v) is 2.95. The van der Waals surface area contributed by atoms with Gasteiger partial charge in [-0.2, -0.15) is 0 Å². The van der Waals surface area contributed by atoms with E-state index in [-0.39, 0.29) is 0 Å². The van der Waals surface area contributed by atoms with E-state index in [2.05, 4.69) is 34.7 Å². The summed E-state index contributed by atoms with van der Waals surface area (Å²) in [5.74, 6) is 0.669. The maximum absolute atomic E-state index is 5.52. The van der Waals surface area contributed by atoms with Crippen molar-refractivity contribution in [2.45, 2.75) is 64.6 Å². The fourth-order valence-corrected chi connectivity index (χ4v) is 1.70. The summed E-state index contributed by atoms with van der Waals surface area (Å²) in [7, 11) is 0. The van der Waals surface area contributed by atoms with E-state index in [0.29, 0.717) is 30.5 Å². The minimum absolute atomic E-state index is 0.389. The lowest BCUT2D eigenvalue weighted by molar-refractivity contribution is 0.470. The molecule has 1 aromatic rings. The van der Waals surface area contributed by atoms with E-state index in [1.165, 1.54) is 25.7 Å². The molecule has 1 heterocycles. The Labute approximate surface area is 102 Å². The van der Waals surface area contributed by atoms with E-state index < -0.39 is 0 Å². The van der Waals surface area contributed by atoms with E-state index in [4.69, 9.17) is 4.42 Å². The molecule has 0 amide bonds. The summed E-state index contributed by atoms with van der Waals surface area (Å²) in [5.41, 5.74) is 0. The molecule has 1 aliphatic rings. The largest absolute Gasteiger partial charge is 0.407 e. The molecule has 1 saturated carbocycles. The lowest BCUT2D eigenvalue weighted by atomic mass is 10.1. The highest BCUT2D eigenvalue weighted by Gasteiger charge is 2.21. The molecule has 17 heavy (non-hydrogen) atoms. The Morgan fingerprint density at radius 3 is 2.94 bits per heavy atom. The lowest BCUT2D eigenvalue weighted by Gasteiger charge is -2.10. The topological polar surface area (TPSA) is 63.0 Å². The predicted octanol–water partition coefficient (Wildman–Crippen LogP) is 2.31. The van der Waals surface area contributed by atoms with Crippen LogP contribution in [0.2, 0.25) is 0 Å². The van der Waals surface area contributed by atoms with Crippen LogP contribution in [0, 0.1) is 0 Å². The summed E-state index contributed by atoms with van der Waals surface area (Å²) in [6.45, 7) is 5.02. The Bertz CT molecular complexity index is 335. The Morgan fingerprint density at radius 2 is 2.24 bits per heavy atom. The molecule has 2 N–H and O–H groups in total. The number of aromatic nitrogens is 2. The van der Waals surface area contributed by atoms with E-state index >= 15 is 0 Å². The molecule has 1 fully saturated rings. The summed E-state index contributed by atoms with van der Waals surface area (Å²) < 4.78 is 5.52. The lowest BCUT2D eigenvalue weighted by Crippen LogP contribution is -2.15. The van der Waals surface area contributed by atoms with Crippen LogP contribution in [0.15, 0.2) is 4.42 Å². The zero-order valence-electron chi connectivity index (χ0n) is 10.7. The molecule has 0 bridgehead atoms. The summed E-state index contributed by atoms with van der Waals surface area (Å²) in [4.78, 5) is 0. The molecule has 96 valence electrons. The quantitative estimate of drug-likeness (QED) is 0.727. The Hall–Kier alpha value is -1.10. The van der Waals surface area contributed by atoms with Gasteiger partial charge in [0.15, 0.2) is 0 Å². The van der Waals surface area contributed by atoms with Crippen molar-refractivity contribution in [3.05, 3.63) is 5.89 Å². The van der Waals surface area contributed by atoms with Crippen molar-refractivity contribution in [1.82, 2.24) is 15.5 Å². The number of nitrogens with zero attached hydrogens (tertiary/aromatic N) is 2. The van der Waals surface area contributed by atoms with Gasteiger partial charge in [0.1, 0.15) is 0 Å². The summed E-state index contributed by atoms with van der Waals surface area (Å²) in [6, 6.07) is 1.60. The molecule has 0 aliphatic heterocycles. The Kier molecular flexibility index (Phi) is 4.36. The van der Waals surface area contributed by atoms with Crippen LogP contribution in [0.25, 0.3) is 0 Å². The number of hydrogen-bond acceptors (Lipinski definition) is 5. The maximum atomic E-state index is 5.52. The van der Waals surface area contributed by atoms with Gasteiger partial charge in [0.25, 0.3) is 0 Å². The van der Waals surface area contributed by atoms with Gasteiger partial charge in [-0.15, -0.1) is 5.10 Å². The van der Waals surface area contributed by atoms with Crippen LogP contribution >= 0.6 is 0 Å². The molecule has 5 nitrogen and oxygen atoms in total. The first-order valence-electron chi connectivity index (χ1n) is 6.60. The molecule has 1 atom stereocenters. The van der Waals surface area contributed by atoms with Crippen LogP contribution < -0.4 is 10.6 Å². The standard InChI is InChI=1S/C12H22N4O/c1-3-4-5-9(2)14-12-16-15-11(17-12)8-13-10-6-7-10/h9-10,13H,3-8H2,1-2H3,(H,14,16). The first-order valence-corrected chi connectivity index (χ1v) is 6.60. The fraction of sp³-hybridized carbons (Fsp3) is 0.833. The normalized spacial score (nSPS) is 17.1. The third-order valence-electron chi connectivity index (χ3n) is 2.95. The Morgan fingerprint density at radius 1 is 1.41 bits per heavy atom. The van der Waals surface area contributed by atoms with Gasteiger partial charge < -0.3 is 15.1 Å². The molecule has 0 spiro atoms. The van der Waals surface area contributed by atoms with Crippen molar-refractivity contribution in [2.75, 3.05) is 5.32 Å². The van der Waals surface area contributed by atoms with Gasteiger partial charge in [-0.25, -0.2) is 0 Å². The number of anilines is 1. The smallest absolute Gasteiger partial charge is 0.315 e. The second-order valence-electron chi connectivity index (χ2n) is 4.84. The van der Waals surface area contributed by atoms with Crippen LogP contribution in [0.5, 0.6) is 0 Å². The highest BCUT2D eigenvalue weighted by molar-refractivity contribution is 5.18. The minimum Gasteiger partial charge on any atom is -0.407 e. The zero-order valence-corrected chi connectivity index (χ0v) is 10.7. The van der Waals surface area contributed by atoms with E-state index in [1.54, 1.807) is 0 Å². The molecule has 1 unspecified atom stereocenters. The van der Waals surface area contributed by atoms with Crippen LogP contribution in [0.1, 0.15) is 51.8 Å². The number of unbranched alkanes of at least 4 members (excludes halogenated alkanes) is 1. The van der Waals surface area contributed by atoms with Crippen LogP contribution in [0.3, 0.4) is 0 Å². The molecular weight excluding hydrogens is 216 g/mol. The second kappa shape index (κ2) is 6.00. The predicted molar refractivity (Wildman–Crippen MR) is 66.8 cm³/mol. The van der Waals surface area contributed by atoms with Gasteiger partial charge in [-0.1, -0.05) is 24.9 Å². The van der Waals surface area contributed by atoms with Gasteiger partial charge in [-0.3, -0.25) is 0 Å². The molecule has 0 aromatic carbocycles. The molecule has 5 heteroatoms. The average molecular weight is 238 g/mol. The summed E-state index contributed by atoms with van der Waals surface area (Å²) in [6.07, 6.45) is 6.11. The minimum atomic E-state index is 0.389. The average Bonchev–Trinajstić information content (AvgIpc) is 3.05. The van der Waals surface area contributed by atoms with Gasteiger partial charge in [0.2, 0.25) is 5.89 Å². The summed E-state index contributed by atoms with van der Waals surface area (Å²) in [5, 5.41) is 14.6. The van der Waals surface area contributed by atoms with Crippen molar-refractivity contribution in [3.8, 4) is 0 Å². The van der Waals surface area contributed by atoms with Crippen molar-refractivity contribution < 1.29 is 4.42 Å². The van der Waals surface area contributed by atoms with Crippen molar-refractivity contribution in [1.29, 1.82) is 0 Å². The van der Waals surface area contributed by atoms with Gasteiger partial charge >= 0.3 is 6.01 Å². The SMILES string of the molecule is CCCCC(C)Nc1nnc(CNC2CC2)o1. The highest BCUT2D eigenvalue weighted by Crippen LogP contribution is 2.19. The number of hydrogen-bond donors (Lipinski definition) is 2. The fourth-order valence-electron chi connectivity index (χ4n) is 1.70. The van der Waals surface area contributed by atoms with Crippen LogP contribution in [0.4, 0.5) is 6.01 Å². The van der Waals surface area contributed by atoms with E-state index in [0.717, 1.165) is 6.42 Å². The highest BCUT2D eigenvalue weighted by atomic mass is 16.4. The van der Waals surface area contributed by atoms with E-state index in [9.17, 15) is 0 Å². The molecule has 0 saturated heterocycles. The Balaban J connectivity index is 1.72. The summed E-state index contributed by atoms with van der Waals surface area (Å²) >= 11 is 0. The molecule has 1 aliphatic carbocycles. The van der Waals surface area contributed by atoms with Crippen LogP contribution in [-0.4, -0.2) is 22.3 Å². The number of nitrogens with one attached hydrogen (secondary N) is 2. The van der Waals surface area contributed by atoms with Gasteiger partial charge in [-0.05, 0) is 26.2 Å². The van der Waals surface area contributed by atoms with Crippen LogP contribution in [-0.2, 0) is 6.54 Å². The van der Waals surface area contributed by atoms with Gasteiger partial charge in [0.05, 0.1) is 6.54 Å². The second-order valence-corrected chi connectivity index (χ2v) is 4.84. The van der Waals surface area contributed by atoms with E-state index in [1.807, 2.05) is 0 Å². The monoisotopic (exact) mass is 238 g/mol.